The molecule has 220 valence electrons. The van der Waals surface area contributed by atoms with Crippen LogP contribution >= 0.6 is 0 Å². The maximum atomic E-state index is 6.32. The summed E-state index contributed by atoms with van der Waals surface area (Å²) in [6, 6.07) is 54.3. The molecule has 0 amide bonds. The van der Waals surface area contributed by atoms with Crippen LogP contribution in [0.25, 0.3) is 55.6 Å². The van der Waals surface area contributed by atoms with E-state index < -0.39 is 0 Å². The van der Waals surface area contributed by atoms with Gasteiger partial charge < -0.3 is 9.31 Å². The van der Waals surface area contributed by atoms with E-state index in [1.165, 1.54) is 50.1 Å². The molecule has 2 nitrogen and oxygen atoms in total. The summed E-state index contributed by atoms with van der Waals surface area (Å²) >= 11 is 0. The summed E-state index contributed by atoms with van der Waals surface area (Å²) < 4.78 is 12.6. The topological polar surface area (TPSA) is 18.5 Å². The Bertz CT molecular complexity index is 1940. The maximum Gasteiger partial charge on any atom is 0.494 e. The second kappa shape index (κ2) is 11.7. The first kappa shape index (κ1) is 29.0. The molecule has 0 atom stereocenters. The second-order valence-corrected chi connectivity index (χ2v) is 12.9. The molecule has 0 radical (unpaired) electrons. The van der Waals surface area contributed by atoms with Crippen LogP contribution in [0.1, 0.15) is 27.7 Å². The average Bonchev–Trinajstić information content (AvgIpc) is 3.31. The summed E-state index contributed by atoms with van der Waals surface area (Å²) in [5.41, 5.74) is 12.3. The molecule has 6 aromatic rings. The molecule has 6 aromatic carbocycles. The maximum absolute atomic E-state index is 6.32. The summed E-state index contributed by atoms with van der Waals surface area (Å²) in [6.45, 7) is 8.36. The first-order valence-electron chi connectivity index (χ1n) is 15.7. The normalized spacial score (nSPS) is 15.2. The summed E-state index contributed by atoms with van der Waals surface area (Å²) in [7, 11) is -0.378. The van der Waals surface area contributed by atoms with E-state index in [4.69, 9.17) is 9.31 Å². The predicted molar refractivity (Wildman–Crippen MR) is 189 cm³/mol. The standard InChI is InChI=1S/C42H37BO2/c1-41(2)42(3,4)45-43(44-41)40-21-11-20-39(29-40)38-19-10-16-35(28-38)32-24-22-31(23-25-32)34-15-9-18-37(27-34)36-17-8-14-33(26-36)30-12-6-5-7-13-30/h5-29H,1-4H3. The van der Waals surface area contributed by atoms with Crippen LogP contribution < -0.4 is 5.46 Å². The molecular formula is C42H37BO2. The Kier molecular flexibility index (Phi) is 7.53. The van der Waals surface area contributed by atoms with Crippen molar-refractivity contribution in [2.24, 2.45) is 0 Å². The first-order valence-corrected chi connectivity index (χ1v) is 15.7. The Morgan fingerprint density at radius 1 is 0.333 bits per heavy atom. The van der Waals surface area contributed by atoms with Crippen molar-refractivity contribution in [2.75, 3.05) is 0 Å². The van der Waals surface area contributed by atoms with Gasteiger partial charge in [-0.05, 0) is 107 Å². The first-order chi connectivity index (χ1) is 21.8. The smallest absolute Gasteiger partial charge is 0.399 e. The molecule has 1 aliphatic rings. The molecule has 0 unspecified atom stereocenters. The van der Waals surface area contributed by atoms with Crippen molar-refractivity contribution in [2.45, 2.75) is 38.9 Å². The monoisotopic (exact) mass is 584 g/mol. The molecule has 0 saturated carbocycles. The number of hydrogen-bond acceptors (Lipinski definition) is 2. The van der Waals surface area contributed by atoms with Gasteiger partial charge in [0.1, 0.15) is 0 Å². The van der Waals surface area contributed by atoms with E-state index in [9.17, 15) is 0 Å². The molecule has 0 aliphatic carbocycles. The molecule has 0 aromatic heterocycles. The zero-order valence-electron chi connectivity index (χ0n) is 26.3. The van der Waals surface area contributed by atoms with Gasteiger partial charge in [-0.1, -0.05) is 133 Å². The van der Waals surface area contributed by atoms with Gasteiger partial charge in [-0.25, -0.2) is 0 Å². The van der Waals surface area contributed by atoms with Gasteiger partial charge >= 0.3 is 7.12 Å². The van der Waals surface area contributed by atoms with Crippen molar-refractivity contribution >= 4 is 12.6 Å². The number of hydrogen-bond donors (Lipinski definition) is 0. The second-order valence-electron chi connectivity index (χ2n) is 12.9. The highest BCUT2D eigenvalue weighted by Crippen LogP contribution is 2.37. The van der Waals surface area contributed by atoms with Crippen molar-refractivity contribution in [3.63, 3.8) is 0 Å². The van der Waals surface area contributed by atoms with E-state index >= 15 is 0 Å². The molecule has 7 rings (SSSR count). The van der Waals surface area contributed by atoms with Crippen LogP contribution in [0.4, 0.5) is 0 Å². The van der Waals surface area contributed by atoms with Gasteiger partial charge in [0.25, 0.3) is 0 Å². The van der Waals surface area contributed by atoms with Crippen molar-refractivity contribution in [1.29, 1.82) is 0 Å². The minimum Gasteiger partial charge on any atom is -0.399 e. The van der Waals surface area contributed by atoms with Crippen LogP contribution in [-0.2, 0) is 9.31 Å². The van der Waals surface area contributed by atoms with Gasteiger partial charge in [0.2, 0.25) is 0 Å². The van der Waals surface area contributed by atoms with Gasteiger partial charge in [-0.3, -0.25) is 0 Å². The third-order valence-electron chi connectivity index (χ3n) is 9.33. The largest absolute Gasteiger partial charge is 0.494 e. The van der Waals surface area contributed by atoms with Gasteiger partial charge in [-0.15, -0.1) is 0 Å². The Hall–Kier alpha value is -4.70. The SMILES string of the molecule is CC1(C)OB(c2cccc(-c3cccc(-c4ccc(-c5cccc(-c6cccc(-c7ccccc7)c6)c5)cc4)c3)c2)OC1(C)C. The van der Waals surface area contributed by atoms with Crippen molar-refractivity contribution in [1.82, 2.24) is 0 Å². The molecule has 0 N–H and O–H groups in total. The lowest BCUT2D eigenvalue weighted by atomic mass is 9.78. The lowest BCUT2D eigenvalue weighted by Crippen LogP contribution is -2.41. The van der Waals surface area contributed by atoms with Crippen LogP contribution in [0, 0.1) is 0 Å². The quantitative estimate of drug-likeness (QED) is 0.181. The number of benzene rings is 6. The van der Waals surface area contributed by atoms with Crippen molar-refractivity contribution in [3.8, 4) is 55.6 Å². The van der Waals surface area contributed by atoms with Crippen LogP contribution in [0.5, 0.6) is 0 Å². The zero-order valence-corrected chi connectivity index (χ0v) is 26.3. The Balaban J connectivity index is 1.12. The van der Waals surface area contributed by atoms with Crippen LogP contribution in [0.3, 0.4) is 0 Å². The van der Waals surface area contributed by atoms with Crippen LogP contribution in [0.2, 0.25) is 0 Å². The molecule has 1 aliphatic heterocycles. The summed E-state index contributed by atoms with van der Waals surface area (Å²) in [4.78, 5) is 0. The van der Waals surface area contributed by atoms with E-state index in [1.54, 1.807) is 0 Å². The third kappa shape index (κ3) is 5.90. The van der Waals surface area contributed by atoms with Crippen LogP contribution in [-0.4, -0.2) is 18.3 Å². The molecule has 1 heterocycles. The van der Waals surface area contributed by atoms with E-state index in [2.05, 4.69) is 179 Å². The Labute approximate surface area is 267 Å². The molecule has 3 heteroatoms. The Morgan fingerprint density at radius 3 is 1.07 bits per heavy atom. The fourth-order valence-corrected chi connectivity index (χ4v) is 5.96. The fourth-order valence-electron chi connectivity index (χ4n) is 5.96. The predicted octanol–water partition coefficient (Wildman–Crippen LogP) is 10.3. The lowest BCUT2D eigenvalue weighted by molar-refractivity contribution is 0.00578. The summed E-state index contributed by atoms with van der Waals surface area (Å²) in [5.74, 6) is 0. The minimum atomic E-state index is -0.378. The fraction of sp³-hybridized carbons (Fsp3) is 0.143. The molecule has 0 bridgehead atoms. The molecular weight excluding hydrogens is 547 g/mol. The van der Waals surface area contributed by atoms with Gasteiger partial charge in [0.05, 0.1) is 11.2 Å². The molecule has 1 fully saturated rings. The summed E-state index contributed by atoms with van der Waals surface area (Å²) in [6.07, 6.45) is 0. The highest BCUT2D eigenvalue weighted by molar-refractivity contribution is 6.62. The van der Waals surface area contributed by atoms with E-state index in [1.807, 2.05) is 0 Å². The van der Waals surface area contributed by atoms with Gasteiger partial charge in [-0.2, -0.15) is 0 Å². The van der Waals surface area contributed by atoms with E-state index in [-0.39, 0.29) is 18.3 Å². The third-order valence-corrected chi connectivity index (χ3v) is 9.33. The highest BCUT2D eigenvalue weighted by Gasteiger charge is 2.51. The number of rotatable bonds is 6. The van der Waals surface area contributed by atoms with E-state index in [0.717, 1.165) is 11.0 Å². The summed E-state index contributed by atoms with van der Waals surface area (Å²) in [5, 5.41) is 0. The van der Waals surface area contributed by atoms with Crippen molar-refractivity contribution < 1.29 is 9.31 Å². The molecule has 1 saturated heterocycles. The Morgan fingerprint density at radius 2 is 0.644 bits per heavy atom. The zero-order chi connectivity index (χ0) is 31.0. The lowest BCUT2D eigenvalue weighted by Gasteiger charge is -2.32. The van der Waals surface area contributed by atoms with Gasteiger partial charge in [0.15, 0.2) is 0 Å². The highest BCUT2D eigenvalue weighted by atomic mass is 16.7. The average molecular weight is 585 g/mol. The van der Waals surface area contributed by atoms with E-state index in [0.29, 0.717) is 0 Å². The van der Waals surface area contributed by atoms with Crippen LogP contribution in [0.15, 0.2) is 152 Å². The van der Waals surface area contributed by atoms with Gasteiger partial charge in [0, 0.05) is 0 Å². The minimum absolute atomic E-state index is 0.367. The van der Waals surface area contributed by atoms with Crippen molar-refractivity contribution in [3.05, 3.63) is 152 Å². The molecule has 45 heavy (non-hydrogen) atoms. The molecule has 0 spiro atoms.